The average molecular weight is 211 g/mol. The van der Waals surface area contributed by atoms with Gasteiger partial charge < -0.3 is 9.90 Å². The van der Waals surface area contributed by atoms with Crippen LogP contribution in [-0.4, -0.2) is 11.0 Å². The summed E-state index contributed by atoms with van der Waals surface area (Å²) in [6, 6.07) is 1.88. The van der Waals surface area contributed by atoms with Gasteiger partial charge in [0.1, 0.15) is 0 Å². The predicted octanol–water partition coefficient (Wildman–Crippen LogP) is -2.60. The summed E-state index contributed by atoms with van der Waals surface area (Å²) in [4.78, 5) is 13.5. The molecule has 0 aromatic carbocycles. The van der Waals surface area contributed by atoms with Gasteiger partial charge in [0.2, 0.25) is 0 Å². The normalized spacial score (nSPS) is 10.6. The molecule has 0 spiro atoms. The number of carbonyl (C=O) groups excluding carboxylic acids is 1. The SMILES string of the molecule is O=C([O-])Cc1ncccc1C(F)(F)F.[Li+]. The molecule has 0 saturated heterocycles. The van der Waals surface area contributed by atoms with Crippen LogP contribution >= 0.6 is 0 Å². The van der Waals surface area contributed by atoms with E-state index in [1.165, 1.54) is 0 Å². The quantitative estimate of drug-likeness (QED) is 0.504. The van der Waals surface area contributed by atoms with E-state index in [0.29, 0.717) is 0 Å². The maximum absolute atomic E-state index is 12.2. The number of alkyl halides is 3. The van der Waals surface area contributed by atoms with E-state index < -0.39 is 29.8 Å². The Bertz CT molecular complexity index is 354. The smallest absolute Gasteiger partial charge is 0.550 e. The molecule has 1 heterocycles. The van der Waals surface area contributed by atoms with Crippen LogP contribution in [0.2, 0.25) is 0 Å². The first-order chi connectivity index (χ1) is 6.41. The second-order valence-electron chi connectivity index (χ2n) is 2.54. The number of carbonyl (C=O) groups is 1. The van der Waals surface area contributed by atoms with Gasteiger partial charge in [0.15, 0.2) is 0 Å². The summed E-state index contributed by atoms with van der Waals surface area (Å²) in [6.45, 7) is 0. The van der Waals surface area contributed by atoms with Gasteiger partial charge in [-0.15, -0.1) is 0 Å². The van der Waals surface area contributed by atoms with E-state index in [0.717, 1.165) is 18.3 Å². The van der Waals surface area contributed by atoms with Crippen LogP contribution in [0.1, 0.15) is 11.3 Å². The molecule has 0 unspecified atom stereocenters. The molecule has 0 bridgehead atoms. The maximum atomic E-state index is 12.2. The number of hydrogen-bond donors (Lipinski definition) is 0. The Morgan fingerprint density at radius 2 is 2.07 bits per heavy atom. The number of nitrogens with zero attached hydrogens (tertiary/aromatic N) is 1. The molecule has 0 aliphatic rings. The third-order valence-electron chi connectivity index (χ3n) is 1.51. The van der Waals surface area contributed by atoms with Crippen molar-refractivity contribution in [3.8, 4) is 0 Å². The molecule has 1 aromatic heterocycles. The van der Waals surface area contributed by atoms with Gasteiger partial charge in [-0.25, -0.2) is 0 Å². The van der Waals surface area contributed by atoms with Crippen molar-refractivity contribution < 1.29 is 41.9 Å². The second-order valence-corrected chi connectivity index (χ2v) is 2.54. The van der Waals surface area contributed by atoms with Gasteiger partial charge in [0.05, 0.1) is 11.3 Å². The van der Waals surface area contributed by atoms with Gasteiger partial charge in [0, 0.05) is 18.6 Å². The Labute approximate surface area is 95.5 Å². The molecule has 1 aromatic rings. The van der Waals surface area contributed by atoms with Crippen LogP contribution in [0.4, 0.5) is 13.2 Å². The predicted molar refractivity (Wildman–Crippen MR) is 38.0 cm³/mol. The van der Waals surface area contributed by atoms with Crippen LogP contribution in [0, 0.1) is 0 Å². The number of carboxylic acids is 1. The summed E-state index contributed by atoms with van der Waals surface area (Å²) >= 11 is 0. The van der Waals surface area contributed by atoms with Crippen LogP contribution < -0.4 is 24.0 Å². The van der Waals surface area contributed by atoms with Crippen molar-refractivity contribution in [2.75, 3.05) is 0 Å². The molecule has 0 fully saturated rings. The fourth-order valence-corrected chi connectivity index (χ4v) is 0.974. The van der Waals surface area contributed by atoms with Crippen LogP contribution in [-0.2, 0) is 17.4 Å². The largest absolute Gasteiger partial charge is 1.00 e. The molecule has 76 valence electrons. The van der Waals surface area contributed by atoms with Crippen molar-refractivity contribution in [3.63, 3.8) is 0 Å². The molecular formula is C8H5F3LiNO2. The van der Waals surface area contributed by atoms with E-state index in [1.807, 2.05) is 0 Å². The number of pyridine rings is 1. The zero-order valence-electron chi connectivity index (χ0n) is 7.84. The molecule has 0 aliphatic carbocycles. The van der Waals surface area contributed by atoms with Gasteiger partial charge in [-0.1, -0.05) is 0 Å². The Kier molecular flexibility index (Phi) is 4.85. The van der Waals surface area contributed by atoms with Crippen LogP contribution in [0.15, 0.2) is 18.3 Å². The number of aliphatic carboxylic acids is 1. The number of aromatic nitrogens is 1. The Balaban J connectivity index is 0.00000196. The maximum Gasteiger partial charge on any atom is 1.00 e. The minimum atomic E-state index is -4.58. The molecule has 3 nitrogen and oxygen atoms in total. The van der Waals surface area contributed by atoms with Crippen molar-refractivity contribution in [3.05, 3.63) is 29.6 Å². The first-order valence-electron chi connectivity index (χ1n) is 3.62. The second kappa shape index (κ2) is 5.19. The molecule has 7 heteroatoms. The van der Waals surface area contributed by atoms with Gasteiger partial charge in [-0.3, -0.25) is 4.98 Å². The molecule has 0 aliphatic heterocycles. The molecular weight excluding hydrogens is 206 g/mol. The van der Waals surface area contributed by atoms with E-state index in [4.69, 9.17) is 0 Å². The third kappa shape index (κ3) is 3.94. The molecule has 0 amide bonds. The van der Waals surface area contributed by atoms with Gasteiger partial charge in [0.25, 0.3) is 0 Å². The van der Waals surface area contributed by atoms with Crippen molar-refractivity contribution >= 4 is 5.97 Å². The molecule has 15 heavy (non-hydrogen) atoms. The molecule has 0 atom stereocenters. The van der Waals surface area contributed by atoms with Crippen molar-refractivity contribution in [2.45, 2.75) is 12.6 Å². The number of rotatable bonds is 2. The minimum Gasteiger partial charge on any atom is -0.550 e. The Morgan fingerprint density at radius 1 is 1.47 bits per heavy atom. The van der Waals surface area contributed by atoms with E-state index in [1.54, 1.807) is 0 Å². The van der Waals surface area contributed by atoms with Crippen molar-refractivity contribution in [2.24, 2.45) is 0 Å². The summed E-state index contributed by atoms with van der Waals surface area (Å²) in [6.07, 6.45) is -4.32. The van der Waals surface area contributed by atoms with Crippen LogP contribution in [0.3, 0.4) is 0 Å². The van der Waals surface area contributed by atoms with Gasteiger partial charge in [-0.05, 0) is 12.1 Å². The summed E-state index contributed by atoms with van der Waals surface area (Å²) in [5.74, 6) is -1.59. The number of hydrogen-bond acceptors (Lipinski definition) is 3. The summed E-state index contributed by atoms with van der Waals surface area (Å²) in [7, 11) is 0. The fourth-order valence-electron chi connectivity index (χ4n) is 0.974. The summed E-state index contributed by atoms with van der Waals surface area (Å²) < 4.78 is 36.7. The van der Waals surface area contributed by atoms with E-state index in [-0.39, 0.29) is 18.9 Å². The van der Waals surface area contributed by atoms with Gasteiger partial charge in [-0.2, -0.15) is 13.2 Å². The van der Waals surface area contributed by atoms with E-state index in [2.05, 4.69) is 4.98 Å². The minimum absolute atomic E-state index is 0. The summed E-state index contributed by atoms with van der Waals surface area (Å²) in [5.41, 5.74) is -1.57. The Hall–Kier alpha value is -0.993. The van der Waals surface area contributed by atoms with E-state index in [9.17, 15) is 23.1 Å². The fraction of sp³-hybridized carbons (Fsp3) is 0.250. The first-order valence-corrected chi connectivity index (χ1v) is 3.62. The third-order valence-corrected chi connectivity index (χ3v) is 1.51. The zero-order chi connectivity index (χ0) is 10.8. The molecule has 0 N–H and O–H groups in total. The Morgan fingerprint density at radius 3 is 2.53 bits per heavy atom. The number of carboxylic acid groups (broad SMARTS) is 1. The zero-order valence-corrected chi connectivity index (χ0v) is 7.84. The standard InChI is InChI=1S/C8H6F3NO2.Li/c9-8(10,11)5-2-1-3-12-6(5)4-7(13)14;/h1-3H,4H2,(H,13,14);/q;+1/p-1. The monoisotopic (exact) mass is 211 g/mol. The van der Waals surface area contributed by atoms with Gasteiger partial charge >= 0.3 is 25.0 Å². The summed E-state index contributed by atoms with van der Waals surface area (Å²) in [5, 5.41) is 10.1. The van der Waals surface area contributed by atoms with Crippen LogP contribution in [0.5, 0.6) is 0 Å². The van der Waals surface area contributed by atoms with Crippen molar-refractivity contribution in [1.82, 2.24) is 4.98 Å². The van der Waals surface area contributed by atoms with E-state index >= 15 is 0 Å². The first kappa shape index (κ1) is 14.0. The topological polar surface area (TPSA) is 53.0 Å². The molecule has 0 radical (unpaired) electrons. The average Bonchev–Trinajstić information content (AvgIpc) is 2.01. The number of halogens is 3. The molecule has 1 rings (SSSR count). The van der Waals surface area contributed by atoms with Crippen molar-refractivity contribution in [1.29, 1.82) is 0 Å². The molecule has 0 saturated carbocycles. The van der Waals surface area contributed by atoms with Crippen LogP contribution in [0.25, 0.3) is 0 Å².